The van der Waals surface area contributed by atoms with Crippen LogP contribution in [-0.4, -0.2) is 24.9 Å². The van der Waals surface area contributed by atoms with Crippen LogP contribution in [0.15, 0.2) is 64.0 Å². The molecule has 0 saturated carbocycles. The van der Waals surface area contributed by atoms with E-state index in [2.05, 4.69) is 4.98 Å². The van der Waals surface area contributed by atoms with Gasteiger partial charge in [-0.3, -0.25) is 14.2 Å². The number of fused-ring (bicyclic) bond motifs is 2. The Balaban J connectivity index is 1.60. The van der Waals surface area contributed by atoms with Crippen molar-refractivity contribution in [2.75, 3.05) is 0 Å². The number of halogens is 2. The fourth-order valence-electron chi connectivity index (χ4n) is 4.31. The number of pyridine rings is 1. The molecule has 0 radical (unpaired) electrons. The summed E-state index contributed by atoms with van der Waals surface area (Å²) in [7, 11) is 0. The fourth-order valence-corrected chi connectivity index (χ4v) is 4.52. The molecule has 1 amide bonds. The summed E-state index contributed by atoms with van der Waals surface area (Å²) in [6.07, 6.45) is 6.59. The summed E-state index contributed by atoms with van der Waals surface area (Å²) in [4.78, 5) is 32.6. The molecule has 9 heteroatoms. The summed E-state index contributed by atoms with van der Waals surface area (Å²) in [5.74, 6) is -0.902. The van der Waals surface area contributed by atoms with Crippen molar-refractivity contribution in [1.29, 1.82) is 0 Å². The molecule has 0 bridgehead atoms. The summed E-state index contributed by atoms with van der Waals surface area (Å²) in [6.45, 7) is 5.71. The molecule has 1 atom stereocenters. The van der Waals surface area contributed by atoms with Crippen LogP contribution in [0.25, 0.3) is 16.7 Å². The number of imidazole rings is 1. The van der Waals surface area contributed by atoms with Gasteiger partial charge in [0, 0.05) is 34.4 Å². The molecular formula is C24H20ClFN4O3. The number of nitrogens with zero attached hydrogens (tertiary/aromatic N) is 4. The second-order valence-electron chi connectivity index (χ2n) is 8.09. The third-order valence-electron chi connectivity index (χ3n) is 5.99. The van der Waals surface area contributed by atoms with E-state index in [1.54, 1.807) is 47.1 Å². The Hall–Kier alpha value is -3.65. The van der Waals surface area contributed by atoms with Crippen LogP contribution in [0.1, 0.15) is 41.6 Å². The molecule has 0 spiro atoms. The van der Waals surface area contributed by atoms with E-state index in [9.17, 15) is 14.0 Å². The van der Waals surface area contributed by atoms with E-state index in [1.807, 2.05) is 19.9 Å². The van der Waals surface area contributed by atoms with E-state index < -0.39 is 11.9 Å². The Morgan fingerprint density at radius 1 is 1.21 bits per heavy atom. The van der Waals surface area contributed by atoms with E-state index in [-0.39, 0.29) is 34.3 Å². The maximum absolute atomic E-state index is 14.3. The van der Waals surface area contributed by atoms with Crippen molar-refractivity contribution in [2.45, 2.75) is 33.4 Å². The minimum absolute atomic E-state index is 0.0852. The van der Waals surface area contributed by atoms with E-state index in [1.165, 1.54) is 16.9 Å². The molecule has 3 aromatic heterocycles. The van der Waals surface area contributed by atoms with Crippen LogP contribution in [0.2, 0.25) is 5.02 Å². The minimum Gasteiger partial charge on any atom is -0.461 e. The number of aromatic nitrogens is 3. The first kappa shape index (κ1) is 21.2. The average molecular weight is 467 g/mol. The van der Waals surface area contributed by atoms with Crippen LogP contribution in [0.3, 0.4) is 0 Å². The number of carbonyl (C=O) groups is 1. The molecular weight excluding hydrogens is 447 g/mol. The normalized spacial score (nSPS) is 14.9. The zero-order valence-electron chi connectivity index (χ0n) is 18.2. The van der Waals surface area contributed by atoms with Gasteiger partial charge in [-0.1, -0.05) is 11.6 Å². The van der Waals surface area contributed by atoms with Crippen LogP contribution in [0.5, 0.6) is 0 Å². The average Bonchev–Trinajstić information content (AvgIpc) is 3.35. The van der Waals surface area contributed by atoms with Gasteiger partial charge in [0.25, 0.3) is 11.5 Å². The first-order valence-electron chi connectivity index (χ1n) is 10.4. The van der Waals surface area contributed by atoms with Gasteiger partial charge in [0.05, 0.1) is 24.3 Å². The molecule has 1 aromatic carbocycles. The molecule has 0 aliphatic carbocycles. The van der Waals surface area contributed by atoms with Crippen molar-refractivity contribution in [1.82, 2.24) is 19.0 Å². The van der Waals surface area contributed by atoms with Crippen LogP contribution >= 0.6 is 11.6 Å². The number of benzene rings is 1. The molecule has 0 fully saturated rings. The van der Waals surface area contributed by atoms with E-state index in [0.717, 1.165) is 5.69 Å². The summed E-state index contributed by atoms with van der Waals surface area (Å²) in [5, 5.41) is 0.740. The van der Waals surface area contributed by atoms with Crippen molar-refractivity contribution >= 4 is 28.5 Å². The largest absolute Gasteiger partial charge is 0.461 e. The molecule has 168 valence electrons. The summed E-state index contributed by atoms with van der Waals surface area (Å²) in [6, 6.07) is 5.58. The molecule has 4 aromatic rings. The lowest BCUT2D eigenvalue weighted by atomic mass is 10.0. The predicted octanol–water partition coefficient (Wildman–Crippen LogP) is 5.00. The highest BCUT2D eigenvalue weighted by atomic mass is 35.5. The maximum atomic E-state index is 14.3. The standard InChI is InChI=1S/C24H20ClFN4O3/c1-13-10-28(12-27-13)20-4-5-21-24(32)30(14(2)6-7-29(21)23(20)31)15(3)18-11-33-22-17(18)8-16(25)9-19(22)26/h4-6,8-12,15H,7H2,1-3H3. The number of furan rings is 1. The van der Waals surface area contributed by atoms with Gasteiger partial charge in [0.15, 0.2) is 11.4 Å². The Kier molecular flexibility index (Phi) is 4.97. The van der Waals surface area contributed by atoms with Crippen molar-refractivity contribution in [3.8, 4) is 5.69 Å². The number of allylic oxidation sites excluding steroid dienone is 2. The lowest BCUT2D eigenvalue weighted by molar-refractivity contribution is 0.0751. The molecule has 7 nitrogen and oxygen atoms in total. The molecule has 33 heavy (non-hydrogen) atoms. The quantitative estimate of drug-likeness (QED) is 0.426. The van der Waals surface area contributed by atoms with Gasteiger partial charge in [-0.15, -0.1) is 0 Å². The third kappa shape index (κ3) is 3.38. The van der Waals surface area contributed by atoms with Crippen LogP contribution < -0.4 is 5.56 Å². The lowest BCUT2D eigenvalue weighted by Crippen LogP contribution is -2.35. The molecule has 0 saturated heterocycles. The molecule has 1 aliphatic heterocycles. The number of aryl methyl sites for hydroxylation is 1. The van der Waals surface area contributed by atoms with E-state index in [0.29, 0.717) is 22.3 Å². The maximum Gasteiger partial charge on any atom is 0.275 e. The number of hydrogen-bond donors (Lipinski definition) is 0. The highest BCUT2D eigenvalue weighted by molar-refractivity contribution is 6.31. The van der Waals surface area contributed by atoms with E-state index in [4.69, 9.17) is 16.0 Å². The molecule has 5 rings (SSSR count). The Bertz CT molecular complexity index is 1510. The third-order valence-corrected chi connectivity index (χ3v) is 6.21. The monoisotopic (exact) mass is 466 g/mol. The van der Waals surface area contributed by atoms with Crippen molar-refractivity contribution in [3.63, 3.8) is 0 Å². The van der Waals surface area contributed by atoms with E-state index >= 15 is 0 Å². The Labute approximate surface area is 193 Å². The van der Waals surface area contributed by atoms with Gasteiger partial charge in [-0.05, 0) is 51.1 Å². The second-order valence-corrected chi connectivity index (χ2v) is 8.53. The summed E-state index contributed by atoms with van der Waals surface area (Å²) in [5.41, 5.74) is 2.54. The SMILES string of the molecule is CC1=CCn2c(ccc(-n3cnc(C)c3)c2=O)C(=O)N1C(C)c1coc2c(F)cc(Cl)cc12. The van der Waals surface area contributed by atoms with Crippen molar-refractivity contribution in [3.05, 3.63) is 93.0 Å². The fraction of sp³-hybridized carbons (Fsp3) is 0.208. The first-order valence-corrected chi connectivity index (χ1v) is 10.8. The summed E-state index contributed by atoms with van der Waals surface area (Å²) >= 11 is 6.06. The lowest BCUT2D eigenvalue weighted by Gasteiger charge is -2.29. The molecule has 1 unspecified atom stereocenters. The highest BCUT2D eigenvalue weighted by Crippen LogP contribution is 2.36. The smallest absolute Gasteiger partial charge is 0.275 e. The summed E-state index contributed by atoms with van der Waals surface area (Å²) < 4.78 is 22.8. The number of carbonyl (C=O) groups excluding carboxylic acids is 1. The first-order chi connectivity index (χ1) is 15.8. The van der Waals surface area contributed by atoms with Crippen LogP contribution in [0.4, 0.5) is 4.39 Å². The van der Waals surface area contributed by atoms with Gasteiger partial charge < -0.3 is 13.9 Å². The van der Waals surface area contributed by atoms with Gasteiger partial charge >= 0.3 is 0 Å². The van der Waals surface area contributed by atoms with Crippen molar-refractivity contribution < 1.29 is 13.6 Å². The predicted molar refractivity (Wildman–Crippen MR) is 122 cm³/mol. The van der Waals surface area contributed by atoms with Crippen LogP contribution in [-0.2, 0) is 6.54 Å². The zero-order chi connectivity index (χ0) is 23.4. The highest BCUT2D eigenvalue weighted by Gasteiger charge is 2.31. The van der Waals surface area contributed by atoms with Gasteiger partial charge in [0.2, 0.25) is 0 Å². The number of amides is 1. The van der Waals surface area contributed by atoms with Gasteiger partial charge in [-0.25, -0.2) is 9.37 Å². The molecule has 4 heterocycles. The van der Waals surface area contributed by atoms with Gasteiger partial charge in [-0.2, -0.15) is 0 Å². The van der Waals surface area contributed by atoms with Gasteiger partial charge in [0.1, 0.15) is 11.4 Å². The number of rotatable bonds is 3. The number of hydrogen-bond acceptors (Lipinski definition) is 4. The minimum atomic E-state index is -0.565. The molecule has 0 N–H and O–H groups in total. The Morgan fingerprint density at radius 3 is 2.73 bits per heavy atom. The topological polar surface area (TPSA) is 73.3 Å². The van der Waals surface area contributed by atoms with Crippen LogP contribution in [0, 0.1) is 12.7 Å². The Morgan fingerprint density at radius 2 is 2.00 bits per heavy atom. The molecule has 1 aliphatic rings. The zero-order valence-corrected chi connectivity index (χ0v) is 18.9. The second kappa shape index (κ2) is 7.74. The van der Waals surface area contributed by atoms with Crippen molar-refractivity contribution in [2.24, 2.45) is 0 Å².